The first kappa shape index (κ1) is 12.8. The lowest BCUT2D eigenvalue weighted by atomic mass is 10.3. The lowest BCUT2D eigenvalue weighted by Crippen LogP contribution is -1.99. The van der Waals surface area contributed by atoms with Gasteiger partial charge in [-0.25, -0.2) is 9.37 Å². The number of hydrogen-bond donors (Lipinski definition) is 1. The number of rotatable bonds is 5. The normalized spacial score (nSPS) is 10.4. The molecule has 5 heteroatoms. The minimum atomic E-state index is -0.345. The number of halogens is 1. The molecule has 18 heavy (non-hydrogen) atoms. The van der Waals surface area contributed by atoms with Gasteiger partial charge in [0.15, 0.2) is 11.6 Å². The Morgan fingerprint density at radius 3 is 2.89 bits per heavy atom. The van der Waals surface area contributed by atoms with E-state index in [0.717, 1.165) is 15.6 Å². The van der Waals surface area contributed by atoms with Crippen LogP contribution in [0.4, 0.5) is 10.1 Å². The Balaban J connectivity index is 1.99. The summed E-state index contributed by atoms with van der Waals surface area (Å²) >= 11 is 1.63. The molecule has 0 saturated heterocycles. The van der Waals surface area contributed by atoms with E-state index >= 15 is 0 Å². The monoisotopic (exact) mass is 266 g/mol. The molecule has 1 aromatic carbocycles. The van der Waals surface area contributed by atoms with Gasteiger partial charge in [0.25, 0.3) is 0 Å². The quantitative estimate of drug-likeness (QED) is 0.897. The van der Waals surface area contributed by atoms with Crippen molar-refractivity contribution in [2.75, 3.05) is 11.9 Å². The molecule has 0 aliphatic carbocycles. The second kappa shape index (κ2) is 5.82. The van der Waals surface area contributed by atoms with E-state index in [0.29, 0.717) is 13.2 Å². The van der Waals surface area contributed by atoms with Gasteiger partial charge in [-0.3, -0.25) is 0 Å². The number of nitrogens with zero attached hydrogens (tertiary/aromatic N) is 1. The van der Waals surface area contributed by atoms with E-state index in [4.69, 9.17) is 4.74 Å². The molecule has 1 N–H and O–H groups in total. The van der Waals surface area contributed by atoms with Crippen LogP contribution in [0.15, 0.2) is 24.4 Å². The summed E-state index contributed by atoms with van der Waals surface area (Å²) in [4.78, 5) is 5.30. The maximum Gasteiger partial charge on any atom is 0.167 e. The van der Waals surface area contributed by atoms with Crippen molar-refractivity contribution in [3.8, 4) is 5.75 Å². The zero-order chi connectivity index (χ0) is 13.0. The van der Waals surface area contributed by atoms with Crippen LogP contribution < -0.4 is 10.1 Å². The number of ether oxygens (including phenoxy) is 1. The fourth-order valence-corrected chi connectivity index (χ4v) is 2.29. The average molecular weight is 266 g/mol. The molecule has 1 heterocycles. The van der Waals surface area contributed by atoms with Crippen LogP contribution in [0.1, 0.15) is 16.8 Å². The zero-order valence-electron chi connectivity index (χ0n) is 10.4. The highest BCUT2D eigenvalue weighted by Crippen LogP contribution is 2.22. The van der Waals surface area contributed by atoms with Crippen LogP contribution in [0, 0.1) is 12.7 Å². The molecule has 2 aromatic rings. The van der Waals surface area contributed by atoms with Crippen LogP contribution in [0.5, 0.6) is 5.75 Å². The van der Waals surface area contributed by atoms with Gasteiger partial charge in [0, 0.05) is 22.8 Å². The van der Waals surface area contributed by atoms with Crippen molar-refractivity contribution in [1.29, 1.82) is 0 Å². The smallest absolute Gasteiger partial charge is 0.167 e. The van der Waals surface area contributed by atoms with Gasteiger partial charge in [-0.05, 0) is 26.0 Å². The molecule has 0 amide bonds. The maximum atomic E-state index is 13.6. The van der Waals surface area contributed by atoms with Crippen LogP contribution in [0.2, 0.25) is 0 Å². The maximum absolute atomic E-state index is 13.6. The van der Waals surface area contributed by atoms with E-state index in [1.807, 2.05) is 26.1 Å². The number of hydrogen-bond acceptors (Lipinski definition) is 4. The topological polar surface area (TPSA) is 34.1 Å². The van der Waals surface area contributed by atoms with Gasteiger partial charge in [0.2, 0.25) is 0 Å². The fourth-order valence-electron chi connectivity index (χ4n) is 1.56. The molecule has 0 radical (unpaired) electrons. The van der Waals surface area contributed by atoms with Gasteiger partial charge in [-0.2, -0.15) is 0 Å². The number of nitrogens with one attached hydrogen (secondary N) is 1. The van der Waals surface area contributed by atoms with Gasteiger partial charge in [0.05, 0.1) is 18.2 Å². The van der Waals surface area contributed by atoms with E-state index in [9.17, 15) is 4.39 Å². The van der Waals surface area contributed by atoms with Gasteiger partial charge >= 0.3 is 0 Å². The summed E-state index contributed by atoms with van der Waals surface area (Å²) in [7, 11) is 0. The van der Waals surface area contributed by atoms with E-state index in [1.54, 1.807) is 17.4 Å². The second-order valence-electron chi connectivity index (χ2n) is 3.78. The third-order valence-electron chi connectivity index (χ3n) is 2.37. The number of aromatic nitrogens is 1. The number of aryl methyl sites for hydroxylation is 1. The van der Waals surface area contributed by atoms with Gasteiger partial charge in [-0.15, -0.1) is 11.3 Å². The fraction of sp³-hybridized carbons (Fsp3) is 0.308. The highest BCUT2D eigenvalue weighted by molar-refractivity contribution is 7.11. The van der Waals surface area contributed by atoms with Crippen LogP contribution in [0.3, 0.4) is 0 Å². The Labute approximate surface area is 110 Å². The van der Waals surface area contributed by atoms with Crippen molar-refractivity contribution >= 4 is 17.0 Å². The van der Waals surface area contributed by atoms with E-state index in [2.05, 4.69) is 10.3 Å². The molecule has 1 aromatic heterocycles. The predicted molar refractivity (Wildman–Crippen MR) is 71.7 cm³/mol. The largest absolute Gasteiger partial charge is 0.491 e. The summed E-state index contributed by atoms with van der Waals surface area (Å²) in [6, 6.07) is 4.89. The highest BCUT2D eigenvalue weighted by atomic mass is 32.1. The van der Waals surface area contributed by atoms with E-state index in [-0.39, 0.29) is 11.6 Å². The Kier molecular flexibility index (Phi) is 4.15. The van der Waals surface area contributed by atoms with Gasteiger partial charge < -0.3 is 10.1 Å². The summed E-state index contributed by atoms with van der Waals surface area (Å²) in [5.41, 5.74) is 0.738. The molecule has 0 atom stereocenters. The highest BCUT2D eigenvalue weighted by Gasteiger charge is 2.04. The first-order valence-corrected chi connectivity index (χ1v) is 6.58. The summed E-state index contributed by atoms with van der Waals surface area (Å²) in [5, 5.41) is 4.19. The molecule has 0 aliphatic heterocycles. The van der Waals surface area contributed by atoms with Crippen molar-refractivity contribution in [2.45, 2.75) is 20.4 Å². The zero-order valence-corrected chi connectivity index (χ0v) is 11.2. The van der Waals surface area contributed by atoms with Crippen LogP contribution in [-0.2, 0) is 6.54 Å². The SMILES string of the molecule is CCOc1ccc(NCc2cnc(C)s2)cc1F. The third kappa shape index (κ3) is 3.20. The van der Waals surface area contributed by atoms with Crippen molar-refractivity contribution < 1.29 is 9.13 Å². The molecule has 3 nitrogen and oxygen atoms in total. The molecular formula is C13H15FN2OS. The summed E-state index contributed by atoms with van der Waals surface area (Å²) < 4.78 is 18.7. The molecule has 96 valence electrons. The molecular weight excluding hydrogens is 251 g/mol. The Hall–Kier alpha value is -1.62. The minimum absolute atomic E-state index is 0.289. The first-order chi connectivity index (χ1) is 8.69. The third-order valence-corrected chi connectivity index (χ3v) is 3.28. The molecule has 2 rings (SSSR count). The molecule has 0 aliphatic rings. The van der Waals surface area contributed by atoms with Crippen LogP contribution >= 0.6 is 11.3 Å². The lowest BCUT2D eigenvalue weighted by Gasteiger charge is -2.08. The summed E-state index contributed by atoms with van der Waals surface area (Å²) in [6.07, 6.45) is 1.83. The molecule has 0 saturated carbocycles. The van der Waals surface area contributed by atoms with Gasteiger partial charge in [-0.1, -0.05) is 0 Å². The number of thiazole rings is 1. The summed E-state index contributed by atoms with van der Waals surface area (Å²) in [6.45, 7) is 4.91. The van der Waals surface area contributed by atoms with Crippen molar-refractivity contribution in [3.05, 3.63) is 40.1 Å². The Morgan fingerprint density at radius 1 is 1.44 bits per heavy atom. The Morgan fingerprint density at radius 2 is 2.28 bits per heavy atom. The second-order valence-corrected chi connectivity index (χ2v) is 5.10. The van der Waals surface area contributed by atoms with E-state index < -0.39 is 0 Å². The van der Waals surface area contributed by atoms with Crippen molar-refractivity contribution in [3.63, 3.8) is 0 Å². The average Bonchev–Trinajstić information content (AvgIpc) is 2.76. The van der Waals surface area contributed by atoms with Crippen LogP contribution in [-0.4, -0.2) is 11.6 Å². The minimum Gasteiger partial charge on any atom is -0.491 e. The lowest BCUT2D eigenvalue weighted by molar-refractivity contribution is 0.321. The van der Waals surface area contributed by atoms with Crippen molar-refractivity contribution in [2.24, 2.45) is 0 Å². The number of benzene rings is 1. The summed E-state index contributed by atoms with van der Waals surface area (Å²) in [5.74, 6) is -0.0565. The van der Waals surface area contributed by atoms with Crippen LogP contribution in [0.25, 0.3) is 0 Å². The molecule has 0 bridgehead atoms. The standard InChI is InChI=1S/C13H15FN2OS/c1-3-17-13-5-4-10(6-12(13)14)16-8-11-7-15-9(2)18-11/h4-7,16H,3,8H2,1-2H3. The number of anilines is 1. The van der Waals surface area contributed by atoms with E-state index in [1.165, 1.54) is 6.07 Å². The molecule has 0 fully saturated rings. The molecule has 0 unspecified atom stereocenters. The molecule has 0 spiro atoms. The predicted octanol–water partition coefficient (Wildman–Crippen LogP) is 3.60. The Bertz CT molecular complexity index is 527. The first-order valence-electron chi connectivity index (χ1n) is 5.76. The van der Waals surface area contributed by atoms with Crippen molar-refractivity contribution in [1.82, 2.24) is 4.98 Å². The van der Waals surface area contributed by atoms with Gasteiger partial charge in [0.1, 0.15) is 0 Å².